The summed E-state index contributed by atoms with van der Waals surface area (Å²) < 4.78 is 16.8. The molecule has 69 heavy (non-hydrogen) atoms. The molecule has 0 aliphatic carbocycles. The van der Waals surface area contributed by atoms with Crippen LogP contribution in [0.2, 0.25) is 0 Å². The molecule has 0 amide bonds. The second-order valence-electron chi connectivity index (χ2n) is 19.2. The zero-order valence-electron chi connectivity index (χ0n) is 45.3. The zero-order chi connectivity index (χ0) is 50.0. The van der Waals surface area contributed by atoms with Gasteiger partial charge in [0.25, 0.3) is 0 Å². The van der Waals surface area contributed by atoms with Crippen molar-refractivity contribution in [3.63, 3.8) is 0 Å². The van der Waals surface area contributed by atoms with E-state index in [9.17, 15) is 14.4 Å². The summed E-state index contributed by atoms with van der Waals surface area (Å²) in [5.41, 5.74) is 0. The highest BCUT2D eigenvalue weighted by atomic mass is 16.6. The molecule has 0 saturated heterocycles. The minimum atomic E-state index is -0.803. The fraction of sp³-hybridized carbons (Fsp3) is 0.730. The molecule has 0 fully saturated rings. The van der Waals surface area contributed by atoms with E-state index in [4.69, 9.17) is 14.2 Å². The quantitative estimate of drug-likeness (QED) is 0.0262. The minimum Gasteiger partial charge on any atom is -0.462 e. The third-order valence-electron chi connectivity index (χ3n) is 12.3. The van der Waals surface area contributed by atoms with Crippen LogP contribution in [0.4, 0.5) is 0 Å². The first-order valence-electron chi connectivity index (χ1n) is 29.1. The fourth-order valence-corrected chi connectivity index (χ4v) is 7.92. The van der Waals surface area contributed by atoms with E-state index in [1.165, 1.54) is 141 Å². The predicted octanol–water partition coefficient (Wildman–Crippen LogP) is 19.5. The molecule has 0 spiro atoms. The zero-order valence-corrected chi connectivity index (χ0v) is 45.3. The van der Waals surface area contributed by atoms with Gasteiger partial charge in [0.05, 0.1) is 0 Å². The highest BCUT2D eigenvalue weighted by Gasteiger charge is 2.19. The monoisotopic (exact) mass is 961 g/mol. The van der Waals surface area contributed by atoms with Gasteiger partial charge in [0, 0.05) is 19.3 Å². The normalized spacial score (nSPS) is 12.7. The van der Waals surface area contributed by atoms with E-state index in [0.29, 0.717) is 19.3 Å². The standard InChI is InChI=1S/C63H108O6/c1-4-7-10-13-16-19-22-25-28-30-31-33-36-39-42-45-48-51-54-57-63(66)69-60(58-67-61(64)55-52-49-46-43-40-37-34-27-24-21-18-15-12-9-6-3)59-68-62(65)56-53-50-47-44-41-38-35-32-29-26-23-20-17-14-11-8-5-2/h17-18,20-21,25-29,34-35,38,40,43,60H,4-16,19,22-24,30-33,36-37,39,41-42,44-59H2,1-3H3/b20-17-,21-18-,28-25-,29-26-,34-27-,38-35-,43-40-/t60-/m0/s1. The Kier molecular flexibility index (Phi) is 54.3. The molecule has 0 unspecified atom stereocenters. The van der Waals surface area contributed by atoms with Gasteiger partial charge < -0.3 is 14.2 Å². The molecule has 0 aromatic rings. The lowest BCUT2D eigenvalue weighted by Crippen LogP contribution is -2.30. The van der Waals surface area contributed by atoms with Crippen LogP contribution in [0.5, 0.6) is 0 Å². The Hall–Kier alpha value is -3.41. The molecule has 396 valence electrons. The summed E-state index contributed by atoms with van der Waals surface area (Å²) in [5.74, 6) is -0.956. The molecule has 0 bridgehead atoms. The summed E-state index contributed by atoms with van der Waals surface area (Å²) >= 11 is 0. The Morgan fingerprint density at radius 2 is 0.522 bits per heavy atom. The van der Waals surface area contributed by atoms with Gasteiger partial charge in [-0.25, -0.2) is 0 Å². The number of esters is 3. The summed E-state index contributed by atoms with van der Waals surface area (Å²) in [6.45, 7) is 6.54. The third kappa shape index (κ3) is 55.4. The average molecular weight is 962 g/mol. The lowest BCUT2D eigenvalue weighted by Gasteiger charge is -2.18. The molecule has 6 nitrogen and oxygen atoms in total. The molecule has 0 aliphatic heterocycles. The molecular formula is C63H108O6. The minimum absolute atomic E-state index is 0.101. The van der Waals surface area contributed by atoms with E-state index < -0.39 is 6.10 Å². The summed E-state index contributed by atoms with van der Waals surface area (Å²) in [6, 6.07) is 0. The molecule has 0 aliphatic rings. The topological polar surface area (TPSA) is 78.9 Å². The van der Waals surface area contributed by atoms with Crippen LogP contribution in [-0.4, -0.2) is 37.2 Å². The van der Waals surface area contributed by atoms with Crippen molar-refractivity contribution < 1.29 is 28.6 Å². The van der Waals surface area contributed by atoms with Crippen LogP contribution in [0.15, 0.2) is 85.1 Å². The first-order chi connectivity index (χ1) is 34.0. The van der Waals surface area contributed by atoms with Crippen molar-refractivity contribution >= 4 is 17.9 Å². The Morgan fingerprint density at radius 1 is 0.290 bits per heavy atom. The first-order valence-corrected chi connectivity index (χ1v) is 29.1. The van der Waals surface area contributed by atoms with E-state index in [0.717, 1.165) is 96.3 Å². The molecule has 1 atom stereocenters. The number of rotatable bonds is 52. The van der Waals surface area contributed by atoms with Crippen molar-refractivity contribution in [3.8, 4) is 0 Å². The Morgan fingerprint density at radius 3 is 0.884 bits per heavy atom. The van der Waals surface area contributed by atoms with Gasteiger partial charge in [-0.05, 0) is 122 Å². The summed E-state index contributed by atoms with van der Waals surface area (Å²) in [5, 5.41) is 0. The fourth-order valence-electron chi connectivity index (χ4n) is 7.92. The second kappa shape index (κ2) is 57.2. The molecular weight excluding hydrogens is 853 g/mol. The molecule has 0 saturated carbocycles. The van der Waals surface area contributed by atoms with Crippen LogP contribution >= 0.6 is 0 Å². The van der Waals surface area contributed by atoms with E-state index in [1.807, 2.05) is 0 Å². The van der Waals surface area contributed by atoms with E-state index in [-0.39, 0.29) is 31.1 Å². The maximum Gasteiger partial charge on any atom is 0.306 e. The number of hydrogen-bond donors (Lipinski definition) is 0. The van der Waals surface area contributed by atoms with Gasteiger partial charge in [-0.2, -0.15) is 0 Å². The number of ether oxygens (including phenoxy) is 3. The van der Waals surface area contributed by atoms with Crippen LogP contribution < -0.4 is 0 Å². The van der Waals surface area contributed by atoms with E-state index in [1.54, 1.807) is 0 Å². The van der Waals surface area contributed by atoms with Gasteiger partial charge in [-0.3, -0.25) is 14.4 Å². The van der Waals surface area contributed by atoms with Crippen molar-refractivity contribution in [2.45, 2.75) is 284 Å². The number of hydrogen-bond acceptors (Lipinski definition) is 6. The molecule has 0 heterocycles. The number of allylic oxidation sites excluding steroid dienone is 14. The lowest BCUT2D eigenvalue weighted by molar-refractivity contribution is -0.167. The summed E-state index contributed by atoms with van der Waals surface area (Å²) in [4.78, 5) is 38.2. The largest absolute Gasteiger partial charge is 0.462 e. The maximum atomic E-state index is 12.9. The Bertz CT molecular complexity index is 1330. The molecule has 6 heteroatoms. The second-order valence-corrected chi connectivity index (χ2v) is 19.2. The number of unbranched alkanes of at least 4 members (excludes halogenated alkanes) is 27. The maximum absolute atomic E-state index is 12.9. The summed E-state index contributed by atoms with van der Waals surface area (Å²) in [7, 11) is 0. The smallest absolute Gasteiger partial charge is 0.306 e. The van der Waals surface area contributed by atoms with Gasteiger partial charge in [0.2, 0.25) is 0 Å². The molecule has 0 aromatic carbocycles. The Balaban J connectivity index is 4.47. The average Bonchev–Trinajstić information content (AvgIpc) is 3.35. The van der Waals surface area contributed by atoms with Gasteiger partial charge in [-0.1, -0.05) is 221 Å². The highest BCUT2D eigenvalue weighted by molar-refractivity contribution is 5.71. The molecule has 0 aromatic heterocycles. The lowest BCUT2D eigenvalue weighted by atomic mass is 10.1. The molecule has 0 rings (SSSR count). The van der Waals surface area contributed by atoms with Crippen LogP contribution in [0.3, 0.4) is 0 Å². The predicted molar refractivity (Wildman–Crippen MR) is 297 cm³/mol. The van der Waals surface area contributed by atoms with Crippen LogP contribution in [0.1, 0.15) is 278 Å². The van der Waals surface area contributed by atoms with Crippen molar-refractivity contribution in [1.29, 1.82) is 0 Å². The molecule has 0 radical (unpaired) electrons. The van der Waals surface area contributed by atoms with Crippen LogP contribution in [-0.2, 0) is 28.6 Å². The van der Waals surface area contributed by atoms with Crippen molar-refractivity contribution in [2.75, 3.05) is 13.2 Å². The van der Waals surface area contributed by atoms with E-state index >= 15 is 0 Å². The van der Waals surface area contributed by atoms with E-state index in [2.05, 4.69) is 106 Å². The van der Waals surface area contributed by atoms with Gasteiger partial charge in [0.15, 0.2) is 6.10 Å². The van der Waals surface area contributed by atoms with Crippen molar-refractivity contribution in [2.24, 2.45) is 0 Å². The van der Waals surface area contributed by atoms with Gasteiger partial charge in [0.1, 0.15) is 13.2 Å². The SMILES string of the molecule is CCCCC/C=C\C/C=C\C/C=C\CCCCCCC(=O)OC[C@H](COC(=O)CCCC/C=C\C/C=C\C/C=C\CCCCC)OC(=O)CCCCCCCCCCC/C=C\CCCCCCCC. The van der Waals surface area contributed by atoms with Gasteiger partial charge in [-0.15, -0.1) is 0 Å². The third-order valence-corrected chi connectivity index (χ3v) is 12.3. The first kappa shape index (κ1) is 65.6. The number of carbonyl (C=O) groups excluding carboxylic acids is 3. The van der Waals surface area contributed by atoms with Crippen molar-refractivity contribution in [3.05, 3.63) is 85.1 Å². The Labute approximate surface area is 426 Å². The van der Waals surface area contributed by atoms with Crippen molar-refractivity contribution in [1.82, 2.24) is 0 Å². The van der Waals surface area contributed by atoms with Gasteiger partial charge >= 0.3 is 17.9 Å². The molecule has 0 N–H and O–H groups in total. The highest BCUT2D eigenvalue weighted by Crippen LogP contribution is 2.14. The number of carbonyl (C=O) groups is 3. The van der Waals surface area contributed by atoms with Crippen LogP contribution in [0.25, 0.3) is 0 Å². The summed E-state index contributed by atoms with van der Waals surface area (Å²) in [6.07, 6.45) is 74.3. The van der Waals surface area contributed by atoms with Crippen LogP contribution in [0, 0.1) is 0 Å².